The number of likely N-dealkylation sites (tertiary alicyclic amines) is 1. The Kier molecular flexibility index (Phi) is 3.94. The summed E-state index contributed by atoms with van der Waals surface area (Å²) in [5.74, 6) is -0.309. The fourth-order valence-electron chi connectivity index (χ4n) is 3.80. The number of aromatic hydroxyl groups is 1. The zero-order valence-corrected chi connectivity index (χ0v) is 12.0. The van der Waals surface area contributed by atoms with Gasteiger partial charge in [-0.25, -0.2) is 4.39 Å². The van der Waals surface area contributed by atoms with Crippen LogP contribution in [0.15, 0.2) is 18.2 Å². The Balaban J connectivity index is 1.79. The predicted molar refractivity (Wildman–Crippen MR) is 77.2 cm³/mol. The Bertz CT molecular complexity index is 474. The first-order valence-corrected chi connectivity index (χ1v) is 7.64. The van der Waals surface area contributed by atoms with Gasteiger partial charge in [0, 0.05) is 29.8 Å². The van der Waals surface area contributed by atoms with Crippen molar-refractivity contribution in [1.82, 2.24) is 10.2 Å². The molecule has 0 aliphatic carbocycles. The van der Waals surface area contributed by atoms with Crippen LogP contribution >= 0.6 is 0 Å². The molecule has 0 radical (unpaired) electrons. The third-order valence-corrected chi connectivity index (χ3v) is 4.84. The number of benzene rings is 1. The molecule has 2 aliphatic heterocycles. The summed E-state index contributed by atoms with van der Waals surface area (Å²) in [6.07, 6.45) is 4.86. The average molecular weight is 278 g/mol. The molecule has 3 unspecified atom stereocenters. The summed E-state index contributed by atoms with van der Waals surface area (Å²) < 4.78 is 14.1. The molecule has 2 fully saturated rings. The van der Waals surface area contributed by atoms with Crippen molar-refractivity contribution >= 4 is 0 Å². The van der Waals surface area contributed by atoms with Crippen LogP contribution in [-0.2, 0) is 0 Å². The average Bonchev–Trinajstić information content (AvgIpc) is 3.09. The maximum atomic E-state index is 14.1. The van der Waals surface area contributed by atoms with Crippen molar-refractivity contribution in [2.24, 2.45) is 0 Å². The molecule has 1 aromatic carbocycles. The van der Waals surface area contributed by atoms with Crippen LogP contribution < -0.4 is 5.32 Å². The Morgan fingerprint density at radius 3 is 2.90 bits per heavy atom. The van der Waals surface area contributed by atoms with Crippen molar-refractivity contribution in [3.05, 3.63) is 29.6 Å². The van der Waals surface area contributed by atoms with E-state index in [9.17, 15) is 9.50 Å². The molecule has 3 nitrogen and oxygen atoms in total. The number of nitrogens with one attached hydrogen (secondary N) is 1. The second-order valence-corrected chi connectivity index (χ2v) is 6.03. The second kappa shape index (κ2) is 5.70. The monoisotopic (exact) mass is 278 g/mol. The van der Waals surface area contributed by atoms with Crippen LogP contribution in [-0.4, -0.2) is 35.2 Å². The quantitative estimate of drug-likeness (QED) is 0.892. The Labute approximate surface area is 119 Å². The summed E-state index contributed by atoms with van der Waals surface area (Å²) in [6, 6.07) is 5.64. The lowest BCUT2D eigenvalue weighted by Gasteiger charge is -2.34. The number of hydrogen-bond acceptors (Lipinski definition) is 3. The number of phenols is 1. The van der Waals surface area contributed by atoms with Crippen LogP contribution in [0, 0.1) is 5.82 Å². The molecule has 0 aromatic heterocycles. The van der Waals surface area contributed by atoms with Gasteiger partial charge in [0.05, 0.1) is 0 Å². The van der Waals surface area contributed by atoms with E-state index in [0.717, 1.165) is 13.1 Å². The minimum atomic E-state index is -0.303. The van der Waals surface area contributed by atoms with E-state index in [1.54, 1.807) is 12.1 Å². The highest BCUT2D eigenvalue weighted by Gasteiger charge is 2.36. The molecule has 1 aromatic rings. The summed E-state index contributed by atoms with van der Waals surface area (Å²) in [6.45, 7) is 4.21. The summed E-state index contributed by atoms with van der Waals surface area (Å²) in [7, 11) is 0. The lowest BCUT2D eigenvalue weighted by atomic mass is 10.00. The fourth-order valence-corrected chi connectivity index (χ4v) is 3.80. The zero-order valence-electron chi connectivity index (χ0n) is 12.0. The minimum Gasteiger partial charge on any atom is -0.508 e. The number of hydrogen-bond donors (Lipinski definition) is 2. The van der Waals surface area contributed by atoms with E-state index in [4.69, 9.17) is 0 Å². The van der Waals surface area contributed by atoms with E-state index in [2.05, 4.69) is 17.1 Å². The van der Waals surface area contributed by atoms with Crippen LogP contribution in [0.1, 0.15) is 44.2 Å². The van der Waals surface area contributed by atoms with Gasteiger partial charge in [-0.15, -0.1) is 0 Å². The van der Waals surface area contributed by atoms with E-state index in [1.807, 2.05) is 0 Å². The van der Waals surface area contributed by atoms with Gasteiger partial charge in [0.15, 0.2) is 0 Å². The molecule has 0 amide bonds. The fraction of sp³-hybridized carbons (Fsp3) is 0.625. The van der Waals surface area contributed by atoms with E-state index >= 15 is 0 Å². The highest BCUT2D eigenvalue weighted by molar-refractivity contribution is 5.30. The van der Waals surface area contributed by atoms with Crippen molar-refractivity contribution in [3.63, 3.8) is 0 Å². The molecule has 0 bridgehead atoms. The van der Waals surface area contributed by atoms with E-state index in [-0.39, 0.29) is 17.6 Å². The number of phenolic OH excluding ortho intramolecular Hbond substituents is 1. The number of rotatable bonds is 3. The molecule has 4 heteroatoms. The molecule has 2 aliphatic rings. The summed E-state index contributed by atoms with van der Waals surface area (Å²) >= 11 is 0. The van der Waals surface area contributed by atoms with Crippen LogP contribution in [0.5, 0.6) is 5.75 Å². The molecule has 2 N–H and O–H groups in total. The van der Waals surface area contributed by atoms with Crippen molar-refractivity contribution < 1.29 is 9.50 Å². The lowest BCUT2D eigenvalue weighted by Crippen LogP contribution is -2.44. The van der Waals surface area contributed by atoms with Crippen LogP contribution in [0.4, 0.5) is 4.39 Å². The van der Waals surface area contributed by atoms with Crippen molar-refractivity contribution in [2.75, 3.05) is 13.1 Å². The van der Waals surface area contributed by atoms with Gasteiger partial charge in [-0.05, 0) is 51.8 Å². The summed E-state index contributed by atoms with van der Waals surface area (Å²) in [4.78, 5) is 2.43. The summed E-state index contributed by atoms with van der Waals surface area (Å²) in [5.41, 5.74) is 0.688. The third-order valence-electron chi connectivity index (χ3n) is 4.84. The van der Waals surface area contributed by atoms with Gasteiger partial charge in [-0.3, -0.25) is 4.90 Å². The van der Waals surface area contributed by atoms with E-state index < -0.39 is 0 Å². The van der Waals surface area contributed by atoms with Crippen molar-refractivity contribution in [2.45, 2.75) is 50.7 Å². The zero-order chi connectivity index (χ0) is 14.1. The van der Waals surface area contributed by atoms with Gasteiger partial charge < -0.3 is 10.4 Å². The van der Waals surface area contributed by atoms with Gasteiger partial charge in [0.25, 0.3) is 0 Å². The Hall–Kier alpha value is -1.13. The second-order valence-electron chi connectivity index (χ2n) is 6.03. The van der Waals surface area contributed by atoms with Gasteiger partial charge in [0.2, 0.25) is 0 Å². The molecule has 0 saturated carbocycles. The molecular weight excluding hydrogens is 255 g/mol. The van der Waals surface area contributed by atoms with Gasteiger partial charge >= 0.3 is 0 Å². The standard InChI is InChI=1S/C16H23FN2O/c1-11(13-7-6-12(20)10-14(13)17)19-9-3-5-16(19)15-4-2-8-18-15/h6-7,10-11,15-16,18,20H,2-5,8-9H2,1H3. The van der Waals surface area contributed by atoms with E-state index in [1.165, 1.54) is 31.7 Å². The Morgan fingerprint density at radius 1 is 1.35 bits per heavy atom. The highest BCUT2D eigenvalue weighted by Crippen LogP contribution is 2.34. The topological polar surface area (TPSA) is 35.5 Å². The molecular formula is C16H23FN2O. The number of halogens is 1. The predicted octanol–water partition coefficient (Wildman–Crippen LogP) is 2.81. The van der Waals surface area contributed by atoms with Gasteiger partial charge in [-0.2, -0.15) is 0 Å². The largest absolute Gasteiger partial charge is 0.508 e. The molecule has 20 heavy (non-hydrogen) atoms. The SMILES string of the molecule is CC(c1ccc(O)cc1F)N1CCCC1C1CCCN1. The van der Waals surface area contributed by atoms with Crippen LogP contribution in [0.25, 0.3) is 0 Å². The first kappa shape index (κ1) is 13.8. The molecule has 0 spiro atoms. The maximum absolute atomic E-state index is 14.1. The first-order valence-electron chi connectivity index (χ1n) is 7.64. The van der Waals surface area contributed by atoms with Gasteiger partial charge in [-0.1, -0.05) is 6.07 Å². The van der Waals surface area contributed by atoms with Crippen LogP contribution in [0.3, 0.4) is 0 Å². The molecule has 3 atom stereocenters. The van der Waals surface area contributed by atoms with Crippen molar-refractivity contribution in [1.29, 1.82) is 0 Å². The maximum Gasteiger partial charge on any atom is 0.131 e. The number of nitrogens with zero attached hydrogens (tertiary/aromatic N) is 1. The third kappa shape index (κ3) is 2.54. The highest BCUT2D eigenvalue weighted by atomic mass is 19.1. The Morgan fingerprint density at radius 2 is 2.20 bits per heavy atom. The minimum absolute atomic E-state index is 0.00567. The first-order chi connectivity index (χ1) is 9.66. The normalized spacial score (nSPS) is 28.9. The molecule has 2 saturated heterocycles. The molecule has 3 rings (SSSR count). The van der Waals surface area contributed by atoms with Crippen molar-refractivity contribution in [3.8, 4) is 5.75 Å². The summed E-state index contributed by atoms with van der Waals surface area (Å²) in [5, 5.41) is 12.9. The van der Waals surface area contributed by atoms with Gasteiger partial charge in [0.1, 0.15) is 11.6 Å². The smallest absolute Gasteiger partial charge is 0.131 e. The lowest BCUT2D eigenvalue weighted by molar-refractivity contribution is 0.160. The molecule has 2 heterocycles. The molecule has 110 valence electrons. The van der Waals surface area contributed by atoms with Crippen LogP contribution in [0.2, 0.25) is 0 Å². The van der Waals surface area contributed by atoms with E-state index in [0.29, 0.717) is 17.6 Å².